The van der Waals surface area contributed by atoms with Gasteiger partial charge in [0.05, 0.1) is 12.1 Å². The van der Waals surface area contributed by atoms with Crippen LogP contribution in [0.15, 0.2) is 53.3 Å². The van der Waals surface area contributed by atoms with E-state index in [9.17, 15) is 9.59 Å². The topological polar surface area (TPSA) is 99.2 Å². The average Bonchev–Trinajstić information content (AvgIpc) is 3.27. The van der Waals surface area contributed by atoms with Crippen LogP contribution in [0.25, 0.3) is 0 Å². The normalized spacial score (nSPS) is 11.8. The number of aromatic nitrogens is 3. The van der Waals surface area contributed by atoms with Crippen molar-refractivity contribution in [1.82, 2.24) is 14.9 Å². The van der Waals surface area contributed by atoms with Gasteiger partial charge < -0.3 is 14.6 Å². The molecular formula is C18H18N4O4. The van der Waals surface area contributed by atoms with Gasteiger partial charge >= 0.3 is 5.97 Å². The molecule has 2 aromatic heterocycles. The van der Waals surface area contributed by atoms with Crippen LogP contribution in [-0.4, -0.2) is 32.9 Å². The molecule has 1 unspecified atom stereocenters. The predicted molar refractivity (Wildman–Crippen MR) is 92.5 cm³/mol. The summed E-state index contributed by atoms with van der Waals surface area (Å²) in [6, 6.07) is 10.4. The standard InChI is InChI=1S/C18H18N4O4/c1-12-10-16(21-26-12)20-17(23)13(2)25-18(24)15-6-4-14(5-7-15)11-22-9-3-8-19-22/h3-10,13H,11H2,1-2H3,(H,20,21,23). The number of nitrogens with one attached hydrogen (secondary N) is 1. The summed E-state index contributed by atoms with van der Waals surface area (Å²) in [7, 11) is 0. The van der Waals surface area contributed by atoms with Crippen molar-refractivity contribution in [3.05, 3.63) is 65.7 Å². The second kappa shape index (κ2) is 7.64. The molecule has 1 N–H and O–H groups in total. The van der Waals surface area contributed by atoms with Crippen molar-refractivity contribution in [1.29, 1.82) is 0 Å². The number of ether oxygens (including phenoxy) is 1. The van der Waals surface area contributed by atoms with Gasteiger partial charge in [0.1, 0.15) is 5.76 Å². The average molecular weight is 354 g/mol. The highest BCUT2D eigenvalue weighted by Gasteiger charge is 2.20. The maximum Gasteiger partial charge on any atom is 0.338 e. The lowest BCUT2D eigenvalue weighted by Crippen LogP contribution is -2.30. The van der Waals surface area contributed by atoms with E-state index in [1.165, 1.54) is 6.92 Å². The summed E-state index contributed by atoms with van der Waals surface area (Å²) >= 11 is 0. The van der Waals surface area contributed by atoms with Gasteiger partial charge in [0, 0.05) is 18.5 Å². The molecule has 0 bridgehead atoms. The molecule has 0 saturated carbocycles. The van der Waals surface area contributed by atoms with E-state index in [1.807, 2.05) is 24.4 Å². The van der Waals surface area contributed by atoms with Crippen LogP contribution in [0.3, 0.4) is 0 Å². The van der Waals surface area contributed by atoms with Gasteiger partial charge in [0.15, 0.2) is 11.9 Å². The van der Waals surface area contributed by atoms with E-state index in [0.29, 0.717) is 17.9 Å². The van der Waals surface area contributed by atoms with Crippen LogP contribution in [0.5, 0.6) is 0 Å². The fourth-order valence-electron chi connectivity index (χ4n) is 2.26. The Morgan fingerprint density at radius 1 is 1.31 bits per heavy atom. The van der Waals surface area contributed by atoms with Gasteiger partial charge in [0.25, 0.3) is 5.91 Å². The largest absolute Gasteiger partial charge is 0.449 e. The minimum absolute atomic E-state index is 0.276. The Morgan fingerprint density at radius 3 is 2.69 bits per heavy atom. The molecule has 1 aromatic carbocycles. The zero-order valence-corrected chi connectivity index (χ0v) is 14.4. The minimum atomic E-state index is -0.969. The monoisotopic (exact) mass is 354 g/mol. The quantitative estimate of drug-likeness (QED) is 0.683. The SMILES string of the molecule is Cc1cc(NC(=O)C(C)OC(=O)c2ccc(Cn3cccn3)cc2)no1. The Morgan fingerprint density at radius 2 is 2.08 bits per heavy atom. The molecule has 134 valence electrons. The zero-order chi connectivity index (χ0) is 18.5. The first kappa shape index (κ1) is 17.4. The van der Waals surface area contributed by atoms with Crippen molar-refractivity contribution in [2.75, 3.05) is 5.32 Å². The lowest BCUT2D eigenvalue weighted by atomic mass is 10.1. The van der Waals surface area contributed by atoms with E-state index >= 15 is 0 Å². The van der Waals surface area contributed by atoms with Gasteiger partial charge in [0.2, 0.25) is 0 Å². The fourth-order valence-corrected chi connectivity index (χ4v) is 2.26. The number of carbonyl (C=O) groups excluding carboxylic acids is 2. The summed E-state index contributed by atoms with van der Waals surface area (Å²) < 4.78 is 11.8. The fraction of sp³-hybridized carbons (Fsp3) is 0.222. The summed E-state index contributed by atoms with van der Waals surface area (Å²) in [5, 5.41) is 10.3. The summed E-state index contributed by atoms with van der Waals surface area (Å²) in [5.74, 6) is -0.213. The summed E-state index contributed by atoms with van der Waals surface area (Å²) in [6.07, 6.45) is 2.60. The molecular weight excluding hydrogens is 336 g/mol. The number of hydrogen-bond acceptors (Lipinski definition) is 6. The second-order valence-corrected chi connectivity index (χ2v) is 5.76. The van der Waals surface area contributed by atoms with Gasteiger partial charge in [-0.3, -0.25) is 9.48 Å². The van der Waals surface area contributed by atoms with Crippen LogP contribution in [0.1, 0.15) is 28.6 Å². The van der Waals surface area contributed by atoms with Crippen LogP contribution < -0.4 is 5.32 Å². The van der Waals surface area contributed by atoms with Gasteiger partial charge in [-0.15, -0.1) is 0 Å². The molecule has 8 nitrogen and oxygen atoms in total. The van der Waals surface area contributed by atoms with E-state index in [-0.39, 0.29) is 5.82 Å². The Kier molecular flexibility index (Phi) is 5.12. The van der Waals surface area contributed by atoms with Crippen molar-refractivity contribution in [3.63, 3.8) is 0 Å². The zero-order valence-electron chi connectivity index (χ0n) is 14.4. The highest BCUT2D eigenvalue weighted by Crippen LogP contribution is 2.11. The number of hydrogen-bond donors (Lipinski definition) is 1. The number of anilines is 1. The Balaban J connectivity index is 1.55. The summed E-state index contributed by atoms with van der Waals surface area (Å²) in [6.45, 7) is 3.81. The molecule has 8 heteroatoms. The van der Waals surface area contributed by atoms with Crippen LogP contribution in [0.4, 0.5) is 5.82 Å². The second-order valence-electron chi connectivity index (χ2n) is 5.76. The molecule has 26 heavy (non-hydrogen) atoms. The number of benzene rings is 1. The Labute approximate surface area is 149 Å². The molecule has 1 amide bonds. The third-order valence-corrected chi connectivity index (χ3v) is 3.63. The molecule has 0 aliphatic rings. The van der Waals surface area contributed by atoms with Crippen LogP contribution in [-0.2, 0) is 16.1 Å². The molecule has 0 aliphatic carbocycles. The first-order valence-electron chi connectivity index (χ1n) is 8.03. The molecule has 2 heterocycles. The van der Waals surface area contributed by atoms with E-state index in [1.54, 1.807) is 36.0 Å². The van der Waals surface area contributed by atoms with Crippen molar-refractivity contribution < 1.29 is 18.8 Å². The Bertz CT molecular complexity index is 884. The van der Waals surface area contributed by atoms with Gasteiger partial charge in [-0.25, -0.2) is 4.79 Å². The minimum Gasteiger partial charge on any atom is -0.449 e. The molecule has 3 rings (SSSR count). The van der Waals surface area contributed by atoms with E-state index in [2.05, 4.69) is 15.6 Å². The first-order chi connectivity index (χ1) is 12.5. The maximum absolute atomic E-state index is 12.2. The summed E-state index contributed by atoms with van der Waals surface area (Å²) in [5.41, 5.74) is 1.36. The molecule has 0 spiro atoms. The Hall–Kier alpha value is -3.42. The van der Waals surface area contributed by atoms with Crippen molar-refractivity contribution >= 4 is 17.7 Å². The van der Waals surface area contributed by atoms with Crippen LogP contribution in [0, 0.1) is 6.92 Å². The molecule has 0 fully saturated rings. The number of esters is 1. The highest BCUT2D eigenvalue weighted by molar-refractivity contribution is 5.96. The van der Waals surface area contributed by atoms with Crippen molar-refractivity contribution in [2.45, 2.75) is 26.5 Å². The van der Waals surface area contributed by atoms with E-state index in [4.69, 9.17) is 9.26 Å². The smallest absolute Gasteiger partial charge is 0.338 e. The number of aryl methyl sites for hydroxylation is 1. The van der Waals surface area contributed by atoms with Gasteiger partial charge in [-0.2, -0.15) is 5.10 Å². The molecule has 0 aliphatic heterocycles. The predicted octanol–water partition coefficient (Wildman–Crippen LogP) is 2.41. The van der Waals surface area contributed by atoms with E-state index in [0.717, 1.165) is 5.56 Å². The highest BCUT2D eigenvalue weighted by atomic mass is 16.5. The third kappa shape index (κ3) is 4.35. The van der Waals surface area contributed by atoms with Crippen LogP contribution in [0.2, 0.25) is 0 Å². The molecule has 3 aromatic rings. The first-order valence-corrected chi connectivity index (χ1v) is 8.03. The number of amides is 1. The lowest BCUT2D eigenvalue weighted by Gasteiger charge is -2.12. The van der Waals surface area contributed by atoms with Gasteiger partial charge in [-0.1, -0.05) is 17.3 Å². The number of carbonyl (C=O) groups is 2. The number of rotatable bonds is 6. The van der Waals surface area contributed by atoms with Crippen molar-refractivity contribution in [3.8, 4) is 0 Å². The number of nitrogens with zero attached hydrogens (tertiary/aromatic N) is 3. The van der Waals surface area contributed by atoms with E-state index < -0.39 is 18.0 Å². The van der Waals surface area contributed by atoms with Gasteiger partial charge in [-0.05, 0) is 37.6 Å². The third-order valence-electron chi connectivity index (χ3n) is 3.63. The molecule has 0 radical (unpaired) electrons. The summed E-state index contributed by atoms with van der Waals surface area (Å²) in [4.78, 5) is 24.2. The van der Waals surface area contributed by atoms with Crippen LogP contribution >= 0.6 is 0 Å². The molecule has 0 saturated heterocycles. The maximum atomic E-state index is 12.2. The lowest BCUT2D eigenvalue weighted by molar-refractivity contribution is -0.123. The van der Waals surface area contributed by atoms with Crippen molar-refractivity contribution in [2.24, 2.45) is 0 Å². The molecule has 1 atom stereocenters.